The van der Waals surface area contributed by atoms with Crippen molar-refractivity contribution in [1.29, 1.82) is 0 Å². The summed E-state index contributed by atoms with van der Waals surface area (Å²) < 4.78 is 15.6. The van der Waals surface area contributed by atoms with Gasteiger partial charge in [-0.1, -0.05) is 26.2 Å². The van der Waals surface area contributed by atoms with Crippen LogP contribution in [0, 0.1) is 0 Å². The lowest BCUT2D eigenvalue weighted by molar-refractivity contribution is 0.0498. The number of unbranched alkanes of at least 4 members (excludes halogenated alkanes) is 3. The van der Waals surface area contributed by atoms with Crippen LogP contribution < -0.4 is 15.2 Å². The van der Waals surface area contributed by atoms with Gasteiger partial charge in [0.1, 0.15) is 0 Å². The Bertz CT molecular complexity index is 459. The molecule has 0 bridgehead atoms. The number of nitrogen functional groups attached to an aromatic ring is 1. The number of hydrogen-bond acceptors (Lipinski definition) is 5. The van der Waals surface area contributed by atoms with Crippen molar-refractivity contribution in [2.24, 2.45) is 0 Å². The van der Waals surface area contributed by atoms with Crippen LogP contribution in [0.15, 0.2) is 12.1 Å². The predicted octanol–water partition coefficient (Wildman–Crippen LogP) is 2.73. The van der Waals surface area contributed by atoms with Crippen LogP contribution in [0.1, 0.15) is 43.0 Å². The molecule has 0 aliphatic carbocycles. The Morgan fingerprint density at radius 2 is 2.00 bits per heavy atom. The van der Waals surface area contributed by atoms with Crippen LogP contribution in [0.5, 0.6) is 11.5 Å². The van der Waals surface area contributed by atoms with Gasteiger partial charge in [-0.3, -0.25) is 0 Å². The Labute approximate surface area is 112 Å². The van der Waals surface area contributed by atoms with Crippen LogP contribution >= 0.6 is 0 Å². The Kier molecular flexibility index (Phi) is 4.49. The van der Waals surface area contributed by atoms with Gasteiger partial charge in [-0.25, -0.2) is 4.79 Å². The molecule has 0 fully saturated rings. The monoisotopic (exact) mass is 265 g/mol. The maximum Gasteiger partial charge on any atom is 0.340 e. The smallest absolute Gasteiger partial charge is 0.340 e. The summed E-state index contributed by atoms with van der Waals surface area (Å²) in [6.07, 6.45) is 4.26. The number of carbonyl (C=O) groups excluding carboxylic acids is 1. The van der Waals surface area contributed by atoms with E-state index in [9.17, 15) is 4.79 Å². The summed E-state index contributed by atoms with van der Waals surface area (Å²) in [6, 6.07) is 3.17. The summed E-state index contributed by atoms with van der Waals surface area (Å²) in [5.74, 6) is 0.691. The highest BCUT2D eigenvalue weighted by Gasteiger charge is 2.20. The fraction of sp³-hybridized carbons (Fsp3) is 0.500. The molecule has 2 rings (SSSR count). The van der Waals surface area contributed by atoms with E-state index in [4.69, 9.17) is 19.9 Å². The molecule has 0 unspecified atom stereocenters. The molecule has 0 saturated heterocycles. The van der Waals surface area contributed by atoms with E-state index in [0.717, 1.165) is 25.7 Å². The summed E-state index contributed by atoms with van der Waals surface area (Å²) in [4.78, 5) is 11.9. The lowest BCUT2D eigenvalue weighted by Gasteiger charge is -2.08. The van der Waals surface area contributed by atoms with Gasteiger partial charge in [0, 0.05) is 12.1 Å². The molecule has 0 aromatic heterocycles. The second-order valence-corrected chi connectivity index (χ2v) is 4.49. The largest absolute Gasteiger partial charge is 0.462 e. The van der Waals surface area contributed by atoms with Gasteiger partial charge >= 0.3 is 5.97 Å². The van der Waals surface area contributed by atoms with E-state index in [2.05, 4.69) is 6.92 Å². The number of fused-ring (bicyclic) bond motifs is 1. The van der Waals surface area contributed by atoms with Gasteiger partial charge in [0.05, 0.1) is 17.9 Å². The van der Waals surface area contributed by atoms with Crippen molar-refractivity contribution >= 4 is 11.7 Å². The van der Waals surface area contributed by atoms with E-state index in [0.29, 0.717) is 29.4 Å². The number of anilines is 1. The van der Waals surface area contributed by atoms with Gasteiger partial charge in [-0.15, -0.1) is 0 Å². The standard InChI is InChI=1S/C14H19NO4/c1-2-3-4-5-6-17-14(16)10-7-12-13(8-11(10)15)19-9-18-12/h7-8H,2-6,9,15H2,1H3. The van der Waals surface area contributed by atoms with Gasteiger partial charge in [0.2, 0.25) is 6.79 Å². The number of carbonyl (C=O) groups is 1. The quantitative estimate of drug-likeness (QED) is 0.486. The number of rotatable bonds is 6. The van der Waals surface area contributed by atoms with Crippen molar-refractivity contribution in [2.75, 3.05) is 19.1 Å². The summed E-state index contributed by atoms with van der Waals surface area (Å²) in [5, 5.41) is 0. The Balaban J connectivity index is 1.92. The molecule has 1 aliphatic rings. The molecule has 1 aromatic carbocycles. The fourth-order valence-electron chi connectivity index (χ4n) is 1.91. The van der Waals surface area contributed by atoms with Crippen molar-refractivity contribution in [3.63, 3.8) is 0 Å². The molecule has 0 saturated carbocycles. The molecule has 5 heteroatoms. The Hall–Kier alpha value is -1.91. The first-order valence-electron chi connectivity index (χ1n) is 6.58. The van der Waals surface area contributed by atoms with E-state index in [1.807, 2.05) is 0 Å². The van der Waals surface area contributed by atoms with Crippen molar-refractivity contribution < 1.29 is 19.0 Å². The van der Waals surface area contributed by atoms with E-state index in [1.165, 1.54) is 0 Å². The molecular formula is C14H19NO4. The second-order valence-electron chi connectivity index (χ2n) is 4.49. The van der Waals surface area contributed by atoms with E-state index in [1.54, 1.807) is 12.1 Å². The van der Waals surface area contributed by atoms with Gasteiger partial charge < -0.3 is 19.9 Å². The minimum Gasteiger partial charge on any atom is -0.462 e. The third-order valence-electron chi connectivity index (χ3n) is 3.00. The van der Waals surface area contributed by atoms with Gasteiger partial charge in [-0.05, 0) is 6.42 Å². The number of nitrogens with two attached hydrogens (primary N) is 1. The van der Waals surface area contributed by atoms with Gasteiger partial charge in [0.15, 0.2) is 11.5 Å². The topological polar surface area (TPSA) is 70.8 Å². The van der Waals surface area contributed by atoms with Crippen molar-refractivity contribution in [1.82, 2.24) is 0 Å². The van der Waals surface area contributed by atoms with Crippen LogP contribution in [-0.4, -0.2) is 19.4 Å². The highest BCUT2D eigenvalue weighted by Crippen LogP contribution is 2.36. The Morgan fingerprint density at radius 1 is 1.26 bits per heavy atom. The number of ether oxygens (including phenoxy) is 3. The molecule has 19 heavy (non-hydrogen) atoms. The number of esters is 1. The van der Waals surface area contributed by atoms with Crippen molar-refractivity contribution in [3.05, 3.63) is 17.7 Å². The third-order valence-corrected chi connectivity index (χ3v) is 3.00. The zero-order chi connectivity index (χ0) is 13.7. The molecule has 0 atom stereocenters. The molecule has 1 heterocycles. The molecule has 1 aromatic rings. The normalized spacial score (nSPS) is 12.5. The number of hydrogen-bond donors (Lipinski definition) is 1. The van der Waals surface area contributed by atoms with Crippen LogP contribution in [-0.2, 0) is 4.74 Å². The fourth-order valence-corrected chi connectivity index (χ4v) is 1.91. The highest BCUT2D eigenvalue weighted by atomic mass is 16.7. The van der Waals surface area contributed by atoms with Gasteiger partial charge in [-0.2, -0.15) is 0 Å². The van der Waals surface area contributed by atoms with Crippen LogP contribution in [0.4, 0.5) is 5.69 Å². The van der Waals surface area contributed by atoms with Crippen molar-refractivity contribution in [3.8, 4) is 11.5 Å². The maximum atomic E-state index is 11.9. The average molecular weight is 265 g/mol. The molecule has 1 aliphatic heterocycles. The molecule has 0 radical (unpaired) electrons. The summed E-state index contributed by atoms with van der Waals surface area (Å²) in [5.41, 5.74) is 6.49. The van der Waals surface area contributed by atoms with E-state index >= 15 is 0 Å². The van der Waals surface area contributed by atoms with Crippen LogP contribution in [0.25, 0.3) is 0 Å². The van der Waals surface area contributed by atoms with Crippen LogP contribution in [0.3, 0.4) is 0 Å². The highest BCUT2D eigenvalue weighted by molar-refractivity contribution is 5.96. The summed E-state index contributed by atoms with van der Waals surface area (Å²) in [7, 11) is 0. The number of benzene rings is 1. The zero-order valence-electron chi connectivity index (χ0n) is 11.1. The molecule has 0 spiro atoms. The zero-order valence-corrected chi connectivity index (χ0v) is 11.1. The first-order chi connectivity index (χ1) is 9.22. The summed E-state index contributed by atoms with van der Waals surface area (Å²) in [6.45, 7) is 2.72. The lowest BCUT2D eigenvalue weighted by atomic mass is 10.1. The Morgan fingerprint density at radius 3 is 2.74 bits per heavy atom. The third kappa shape index (κ3) is 3.30. The second kappa shape index (κ2) is 6.31. The van der Waals surface area contributed by atoms with E-state index in [-0.39, 0.29) is 6.79 Å². The lowest BCUT2D eigenvalue weighted by Crippen LogP contribution is -2.09. The average Bonchev–Trinajstić information content (AvgIpc) is 2.84. The maximum absolute atomic E-state index is 11.9. The molecule has 0 amide bonds. The minimum absolute atomic E-state index is 0.157. The molecule has 2 N–H and O–H groups in total. The first kappa shape index (κ1) is 13.5. The predicted molar refractivity (Wildman–Crippen MR) is 71.4 cm³/mol. The molecular weight excluding hydrogens is 246 g/mol. The molecule has 5 nitrogen and oxygen atoms in total. The van der Waals surface area contributed by atoms with Crippen molar-refractivity contribution in [2.45, 2.75) is 32.6 Å². The van der Waals surface area contributed by atoms with Crippen LogP contribution in [0.2, 0.25) is 0 Å². The van der Waals surface area contributed by atoms with Gasteiger partial charge in [0.25, 0.3) is 0 Å². The minimum atomic E-state index is -0.410. The van der Waals surface area contributed by atoms with E-state index < -0.39 is 5.97 Å². The summed E-state index contributed by atoms with van der Waals surface area (Å²) >= 11 is 0. The SMILES string of the molecule is CCCCCCOC(=O)c1cc2c(cc1N)OCO2. The molecule has 104 valence electrons. The first-order valence-corrected chi connectivity index (χ1v) is 6.58.